The second-order valence-corrected chi connectivity index (χ2v) is 6.21. The van der Waals surface area contributed by atoms with Gasteiger partial charge in [-0.15, -0.1) is 0 Å². The fourth-order valence-electron chi connectivity index (χ4n) is 2.65. The standard InChI is InChI=1S/C21H23NO3/c1-14-7-5-8-18(15(14)2)12-23-19-9-6-10-20(11-19)24-13-21-16(3)22-25-17(21)4/h5-11H,12-13H2,1-4H3. The summed E-state index contributed by atoms with van der Waals surface area (Å²) in [7, 11) is 0. The van der Waals surface area contributed by atoms with Crippen LogP contribution in [-0.2, 0) is 13.2 Å². The molecule has 0 unspecified atom stereocenters. The van der Waals surface area contributed by atoms with Crippen molar-refractivity contribution in [2.24, 2.45) is 0 Å². The maximum atomic E-state index is 5.94. The van der Waals surface area contributed by atoms with Gasteiger partial charge in [0.2, 0.25) is 0 Å². The third-order valence-electron chi connectivity index (χ3n) is 4.48. The average molecular weight is 337 g/mol. The van der Waals surface area contributed by atoms with Crippen molar-refractivity contribution in [3.63, 3.8) is 0 Å². The molecule has 25 heavy (non-hydrogen) atoms. The topological polar surface area (TPSA) is 44.5 Å². The van der Waals surface area contributed by atoms with Crippen molar-refractivity contribution >= 4 is 0 Å². The minimum Gasteiger partial charge on any atom is -0.489 e. The Morgan fingerprint density at radius 2 is 1.56 bits per heavy atom. The molecule has 0 fully saturated rings. The van der Waals surface area contributed by atoms with Crippen molar-refractivity contribution in [3.05, 3.63) is 76.2 Å². The van der Waals surface area contributed by atoms with E-state index in [-0.39, 0.29) is 0 Å². The van der Waals surface area contributed by atoms with Crippen LogP contribution < -0.4 is 9.47 Å². The van der Waals surface area contributed by atoms with E-state index in [1.807, 2.05) is 38.1 Å². The lowest BCUT2D eigenvalue weighted by atomic mass is 10.0. The molecule has 0 aliphatic rings. The summed E-state index contributed by atoms with van der Waals surface area (Å²) in [6.07, 6.45) is 0. The third kappa shape index (κ3) is 4.02. The SMILES string of the molecule is Cc1cccc(COc2cccc(OCc3c(C)noc3C)c2)c1C. The van der Waals surface area contributed by atoms with Gasteiger partial charge in [-0.05, 0) is 56.5 Å². The van der Waals surface area contributed by atoms with Crippen molar-refractivity contribution in [3.8, 4) is 11.5 Å². The number of nitrogens with zero attached hydrogens (tertiary/aromatic N) is 1. The highest BCUT2D eigenvalue weighted by Gasteiger charge is 2.10. The molecule has 0 atom stereocenters. The van der Waals surface area contributed by atoms with E-state index in [9.17, 15) is 0 Å². The van der Waals surface area contributed by atoms with Crippen LogP contribution in [0.1, 0.15) is 33.7 Å². The van der Waals surface area contributed by atoms with E-state index >= 15 is 0 Å². The highest BCUT2D eigenvalue weighted by atomic mass is 16.5. The molecule has 3 rings (SSSR count). The molecule has 4 heteroatoms. The Hall–Kier alpha value is -2.75. The Morgan fingerprint density at radius 3 is 2.24 bits per heavy atom. The van der Waals surface area contributed by atoms with Gasteiger partial charge in [0, 0.05) is 6.07 Å². The van der Waals surface area contributed by atoms with Gasteiger partial charge >= 0.3 is 0 Å². The van der Waals surface area contributed by atoms with Crippen molar-refractivity contribution in [2.45, 2.75) is 40.9 Å². The largest absolute Gasteiger partial charge is 0.489 e. The van der Waals surface area contributed by atoms with Gasteiger partial charge in [-0.1, -0.05) is 29.4 Å². The molecule has 0 spiro atoms. The summed E-state index contributed by atoms with van der Waals surface area (Å²) in [4.78, 5) is 0. The molecular formula is C21H23NO3. The Balaban J connectivity index is 1.64. The van der Waals surface area contributed by atoms with Gasteiger partial charge in [-0.25, -0.2) is 0 Å². The van der Waals surface area contributed by atoms with E-state index in [0.29, 0.717) is 13.2 Å². The molecule has 0 saturated heterocycles. The molecule has 4 nitrogen and oxygen atoms in total. The van der Waals surface area contributed by atoms with Crippen LogP contribution in [0.2, 0.25) is 0 Å². The highest BCUT2D eigenvalue weighted by molar-refractivity contribution is 5.35. The molecule has 130 valence electrons. The predicted molar refractivity (Wildman–Crippen MR) is 97.0 cm³/mol. The number of ether oxygens (including phenoxy) is 2. The first-order valence-corrected chi connectivity index (χ1v) is 8.37. The summed E-state index contributed by atoms with van der Waals surface area (Å²) in [5.74, 6) is 2.34. The Bertz CT molecular complexity index is 848. The van der Waals surface area contributed by atoms with Gasteiger partial charge in [0.05, 0.1) is 11.3 Å². The van der Waals surface area contributed by atoms with Crippen LogP contribution in [0.5, 0.6) is 11.5 Å². The summed E-state index contributed by atoms with van der Waals surface area (Å²) in [6, 6.07) is 14.0. The van der Waals surface area contributed by atoms with E-state index < -0.39 is 0 Å². The zero-order valence-corrected chi connectivity index (χ0v) is 15.1. The normalized spacial score (nSPS) is 10.7. The zero-order valence-electron chi connectivity index (χ0n) is 15.1. The molecule has 0 bridgehead atoms. The van der Waals surface area contributed by atoms with E-state index in [4.69, 9.17) is 14.0 Å². The Morgan fingerprint density at radius 1 is 0.880 bits per heavy atom. The van der Waals surface area contributed by atoms with Crippen molar-refractivity contribution in [1.82, 2.24) is 5.16 Å². The van der Waals surface area contributed by atoms with E-state index in [2.05, 4.69) is 37.2 Å². The van der Waals surface area contributed by atoms with Crippen molar-refractivity contribution < 1.29 is 14.0 Å². The van der Waals surface area contributed by atoms with Gasteiger partial charge in [-0.2, -0.15) is 0 Å². The minimum absolute atomic E-state index is 0.432. The lowest BCUT2D eigenvalue weighted by Gasteiger charge is -2.12. The summed E-state index contributed by atoms with van der Waals surface area (Å²) in [5, 5.41) is 3.94. The summed E-state index contributed by atoms with van der Waals surface area (Å²) >= 11 is 0. The molecule has 1 aromatic heterocycles. The van der Waals surface area contributed by atoms with Crippen LogP contribution >= 0.6 is 0 Å². The highest BCUT2D eigenvalue weighted by Crippen LogP contribution is 2.23. The van der Waals surface area contributed by atoms with Crippen molar-refractivity contribution in [1.29, 1.82) is 0 Å². The lowest BCUT2D eigenvalue weighted by molar-refractivity contribution is 0.287. The van der Waals surface area contributed by atoms with Gasteiger partial charge in [0.25, 0.3) is 0 Å². The molecule has 0 radical (unpaired) electrons. The monoisotopic (exact) mass is 337 g/mol. The van der Waals surface area contributed by atoms with Crippen LogP contribution in [0.3, 0.4) is 0 Å². The number of hydrogen-bond donors (Lipinski definition) is 0. The van der Waals surface area contributed by atoms with E-state index in [1.54, 1.807) is 0 Å². The molecule has 0 amide bonds. The molecule has 2 aromatic carbocycles. The number of aryl methyl sites for hydroxylation is 3. The summed E-state index contributed by atoms with van der Waals surface area (Å²) in [5.41, 5.74) is 5.59. The summed E-state index contributed by atoms with van der Waals surface area (Å²) in [6.45, 7) is 9.02. The van der Waals surface area contributed by atoms with Gasteiger partial charge in [-0.3, -0.25) is 0 Å². The second kappa shape index (κ2) is 7.43. The maximum Gasteiger partial charge on any atom is 0.140 e. The van der Waals surface area contributed by atoms with Gasteiger partial charge in [0.15, 0.2) is 0 Å². The smallest absolute Gasteiger partial charge is 0.140 e. The van der Waals surface area contributed by atoms with Crippen LogP contribution in [0.25, 0.3) is 0 Å². The summed E-state index contributed by atoms with van der Waals surface area (Å²) < 4.78 is 17.0. The van der Waals surface area contributed by atoms with E-state index in [0.717, 1.165) is 28.5 Å². The maximum absolute atomic E-state index is 5.94. The van der Waals surface area contributed by atoms with Gasteiger partial charge in [0.1, 0.15) is 30.5 Å². The fourth-order valence-corrected chi connectivity index (χ4v) is 2.65. The Labute approximate surface area is 148 Å². The zero-order chi connectivity index (χ0) is 17.8. The van der Waals surface area contributed by atoms with Crippen LogP contribution in [0.15, 0.2) is 47.0 Å². The quantitative estimate of drug-likeness (QED) is 0.630. The van der Waals surface area contributed by atoms with Gasteiger partial charge < -0.3 is 14.0 Å². The lowest BCUT2D eigenvalue weighted by Crippen LogP contribution is -2.00. The van der Waals surface area contributed by atoms with Crippen LogP contribution in [0.4, 0.5) is 0 Å². The third-order valence-corrected chi connectivity index (χ3v) is 4.48. The first-order chi connectivity index (χ1) is 12.0. The minimum atomic E-state index is 0.432. The molecule has 0 N–H and O–H groups in total. The van der Waals surface area contributed by atoms with E-state index in [1.165, 1.54) is 16.7 Å². The predicted octanol–water partition coefficient (Wildman–Crippen LogP) is 5.07. The molecular weight excluding hydrogens is 314 g/mol. The number of aromatic nitrogens is 1. The van der Waals surface area contributed by atoms with Crippen molar-refractivity contribution in [2.75, 3.05) is 0 Å². The second-order valence-electron chi connectivity index (χ2n) is 6.21. The fraction of sp³-hybridized carbons (Fsp3) is 0.286. The number of hydrogen-bond acceptors (Lipinski definition) is 4. The average Bonchev–Trinajstić information content (AvgIpc) is 2.93. The van der Waals surface area contributed by atoms with Crippen LogP contribution in [-0.4, -0.2) is 5.16 Å². The molecule has 1 heterocycles. The first kappa shape index (κ1) is 17.1. The number of benzene rings is 2. The molecule has 0 aliphatic heterocycles. The molecule has 0 saturated carbocycles. The van der Waals surface area contributed by atoms with Crippen LogP contribution in [0, 0.1) is 27.7 Å². The number of rotatable bonds is 6. The first-order valence-electron chi connectivity index (χ1n) is 8.37. The molecule has 0 aliphatic carbocycles. The Kier molecular flexibility index (Phi) is 5.08. The molecule has 3 aromatic rings.